The van der Waals surface area contributed by atoms with Gasteiger partial charge in [0.05, 0.1) is 5.69 Å². The fraction of sp³-hybridized carbons (Fsp3) is 0.421. The molecule has 1 heterocycles. The molecule has 0 saturated carbocycles. The number of para-hydroxylation sites is 1. The maximum absolute atomic E-state index is 4.80. The van der Waals surface area contributed by atoms with Crippen molar-refractivity contribution in [1.82, 2.24) is 0 Å². The minimum Gasteiger partial charge on any atom is -0.253 e. The van der Waals surface area contributed by atoms with Crippen molar-refractivity contribution in [1.29, 1.82) is 0 Å². The lowest BCUT2D eigenvalue weighted by atomic mass is 9.88. The number of rotatable bonds is 4. The zero-order chi connectivity index (χ0) is 13.9. The first-order valence-electron chi connectivity index (χ1n) is 7.80. The Kier molecular flexibility index (Phi) is 3.86. The third-order valence-electron chi connectivity index (χ3n) is 4.52. The predicted octanol–water partition coefficient (Wildman–Crippen LogP) is 5.40. The fourth-order valence-corrected chi connectivity index (χ4v) is 3.00. The van der Waals surface area contributed by atoms with E-state index >= 15 is 0 Å². The van der Waals surface area contributed by atoms with Gasteiger partial charge in [-0.3, -0.25) is 4.99 Å². The summed E-state index contributed by atoms with van der Waals surface area (Å²) in [7, 11) is 0. The monoisotopic (exact) mass is 265 g/mol. The standard InChI is InChI=1S/C19H23N/c1-3-14(2)12-15-8-10-16(11-9-15)19-13-17-6-4-5-7-18(17)20-19/h4-8,10,14H,3,9,11-13H2,1-2H3. The molecule has 2 aliphatic rings. The molecule has 1 aliphatic carbocycles. The molecular formula is C19H23N. The van der Waals surface area contributed by atoms with Crippen molar-refractivity contribution < 1.29 is 0 Å². The van der Waals surface area contributed by atoms with Gasteiger partial charge in [0.15, 0.2) is 0 Å². The highest BCUT2D eigenvalue weighted by Crippen LogP contribution is 2.32. The van der Waals surface area contributed by atoms with E-state index in [1.54, 1.807) is 5.57 Å². The van der Waals surface area contributed by atoms with Crippen molar-refractivity contribution in [3.05, 3.63) is 53.1 Å². The Morgan fingerprint density at radius 2 is 2.00 bits per heavy atom. The van der Waals surface area contributed by atoms with Crippen LogP contribution in [0.2, 0.25) is 0 Å². The molecule has 3 rings (SSSR count). The summed E-state index contributed by atoms with van der Waals surface area (Å²) in [6.07, 6.45) is 10.6. The van der Waals surface area contributed by atoms with Crippen molar-refractivity contribution in [2.45, 2.75) is 46.0 Å². The summed E-state index contributed by atoms with van der Waals surface area (Å²) in [6, 6.07) is 8.50. The van der Waals surface area contributed by atoms with E-state index in [0.29, 0.717) is 0 Å². The van der Waals surface area contributed by atoms with Crippen LogP contribution in [0.15, 0.2) is 52.6 Å². The number of nitrogens with zero attached hydrogens (tertiary/aromatic N) is 1. The zero-order valence-electron chi connectivity index (χ0n) is 12.5. The van der Waals surface area contributed by atoms with Crippen LogP contribution in [0, 0.1) is 5.92 Å². The summed E-state index contributed by atoms with van der Waals surface area (Å²) in [5.74, 6) is 0.810. The highest BCUT2D eigenvalue weighted by atomic mass is 14.8. The van der Waals surface area contributed by atoms with E-state index in [1.807, 2.05) is 0 Å². The van der Waals surface area contributed by atoms with Gasteiger partial charge in [0, 0.05) is 12.1 Å². The van der Waals surface area contributed by atoms with Crippen LogP contribution in [0.4, 0.5) is 5.69 Å². The Bertz CT molecular complexity index is 590. The molecule has 0 saturated heterocycles. The zero-order valence-corrected chi connectivity index (χ0v) is 12.5. The minimum absolute atomic E-state index is 0.810. The van der Waals surface area contributed by atoms with Crippen molar-refractivity contribution in [3.8, 4) is 0 Å². The fourth-order valence-electron chi connectivity index (χ4n) is 3.00. The number of benzene rings is 1. The Morgan fingerprint density at radius 3 is 2.70 bits per heavy atom. The number of allylic oxidation sites excluding steroid dienone is 4. The van der Waals surface area contributed by atoms with Gasteiger partial charge < -0.3 is 0 Å². The van der Waals surface area contributed by atoms with Gasteiger partial charge in [-0.1, -0.05) is 56.2 Å². The van der Waals surface area contributed by atoms with Gasteiger partial charge in [0.2, 0.25) is 0 Å². The summed E-state index contributed by atoms with van der Waals surface area (Å²) >= 11 is 0. The third kappa shape index (κ3) is 2.77. The van der Waals surface area contributed by atoms with Crippen LogP contribution in [0.25, 0.3) is 0 Å². The molecule has 0 N–H and O–H groups in total. The molecule has 1 aromatic carbocycles. The molecule has 1 nitrogen and oxygen atoms in total. The molecule has 1 heteroatoms. The topological polar surface area (TPSA) is 12.4 Å². The summed E-state index contributed by atoms with van der Waals surface area (Å²) in [5, 5.41) is 0. The Hall–Kier alpha value is -1.63. The minimum atomic E-state index is 0.810. The van der Waals surface area contributed by atoms with Gasteiger partial charge >= 0.3 is 0 Å². The normalized spacial score (nSPS) is 19.0. The van der Waals surface area contributed by atoms with E-state index in [4.69, 9.17) is 4.99 Å². The molecule has 1 aliphatic heterocycles. The van der Waals surface area contributed by atoms with Crippen LogP contribution in [0.3, 0.4) is 0 Å². The number of fused-ring (bicyclic) bond motifs is 1. The molecule has 1 unspecified atom stereocenters. The number of hydrogen-bond acceptors (Lipinski definition) is 1. The SMILES string of the molecule is CCC(C)CC1=CC=C(C2=Nc3ccccc3C2)CC1. The van der Waals surface area contributed by atoms with Gasteiger partial charge in [-0.2, -0.15) is 0 Å². The molecule has 1 atom stereocenters. The molecule has 0 aromatic heterocycles. The molecule has 20 heavy (non-hydrogen) atoms. The largest absolute Gasteiger partial charge is 0.253 e. The summed E-state index contributed by atoms with van der Waals surface area (Å²) < 4.78 is 0. The van der Waals surface area contributed by atoms with E-state index in [9.17, 15) is 0 Å². The first-order chi connectivity index (χ1) is 9.76. The first kappa shape index (κ1) is 13.4. The third-order valence-corrected chi connectivity index (χ3v) is 4.52. The number of aliphatic imine (C=N–C) groups is 1. The Labute approximate surface area is 122 Å². The van der Waals surface area contributed by atoms with E-state index in [1.165, 1.54) is 36.1 Å². The molecular weight excluding hydrogens is 242 g/mol. The molecule has 0 bridgehead atoms. The highest BCUT2D eigenvalue weighted by Gasteiger charge is 2.19. The average molecular weight is 265 g/mol. The summed E-state index contributed by atoms with van der Waals surface area (Å²) in [5.41, 5.74) is 6.87. The maximum atomic E-state index is 4.80. The molecule has 1 aromatic rings. The number of hydrogen-bond donors (Lipinski definition) is 0. The molecule has 0 spiro atoms. The van der Waals surface area contributed by atoms with Crippen molar-refractivity contribution in [2.75, 3.05) is 0 Å². The van der Waals surface area contributed by atoms with E-state index < -0.39 is 0 Å². The van der Waals surface area contributed by atoms with Crippen LogP contribution >= 0.6 is 0 Å². The van der Waals surface area contributed by atoms with Gasteiger partial charge in [-0.25, -0.2) is 0 Å². The van der Waals surface area contributed by atoms with Crippen LogP contribution in [-0.4, -0.2) is 5.71 Å². The second-order valence-electron chi connectivity index (χ2n) is 6.10. The predicted molar refractivity (Wildman–Crippen MR) is 86.7 cm³/mol. The summed E-state index contributed by atoms with van der Waals surface area (Å²) in [6.45, 7) is 4.62. The highest BCUT2D eigenvalue weighted by molar-refractivity contribution is 6.06. The molecule has 0 radical (unpaired) electrons. The molecule has 0 amide bonds. The quantitative estimate of drug-likeness (QED) is 0.691. The van der Waals surface area contributed by atoms with Crippen LogP contribution in [0.1, 0.15) is 45.1 Å². The van der Waals surface area contributed by atoms with Crippen molar-refractivity contribution in [2.24, 2.45) is 10.9 Å². The van der Waals surface area contributed by atoms with Gasteiger partial charge in [-0.05, 0) is 42.4 Å². The van der Waals surface area contributed by atoms with Crippen molar-refractivity contribution in [3.63, 3.8) is 0 Å². The first-order valence-corrected chi connectivity index (χ1v) is 7.80. The lowest BCUT2D eigenvalue weighted by molar-refractivity contribution is 0.546. The van der Waals surface area contributed by atoms with Gasteiger partial charge in [0.1, 0.15) is 0 Å². The van der Waals surface area contributed by atoms with Gasteiger partial charge in [0.25, 0.3) is 0 Å². The Balaban J connectivity index is 1.72. The van der Waals surface area contributed by atoms with E-state index in [0.717, 1.165) is 24.4 Å². The molecule has 104 valence electrons. The van der Waals surface area contributed by atoms with Crippen LogP contribution < -0.4 is 0 Å². The van der Waals surface area contributed by atoms with Crippen LogP contribution in [-0.2, 0) is 6.42 Å². The summed E-state index contributed by atoms with van der Waals surface area (Å²) in [4.78, 5) is 4.80. The van der Waals surface area contributed by atoms with E-state index in [-0.39, 0.29) is 0 Å². The second kappa shape index (κ2) is 5.78. The average Bonchev–Trinajstić information content (AvgIpc) is 2.91. The smallest absolute Gasteiger partial charge is 0.0669 e. The second-order valence-corrected chi connectivity index (χ2v) is 6.10. The maximum Gasteiger partial charge on any atom is 0.0669 e. The lowest BCUT2D eigenvalue weighted by Crippen LogP contribution is -2.07. The van der Waals surface area contributed by atoms with Crippen LogP contribution in [0.5, 0.6) is 0 Å². The van der Waals surface area contributed by atoms with Gasteiger partial charge in [-0.15, -0.1) is 0 Å². The van der Waals surface area contributed by atoms with Crippen molar-refractivity contribution >= 4 is 11.4 Å². The Morgan fingerprint density at radius 1 is 1.15 bits per heavy atom. The van der Waals surface area contributed by atoms with E-state index in [2.05, 4.69) is 50.3 Å². The lowest BCUT2D eigenvalue weighted by Gasteiger charge is -2.17. The molecule has 0 fully saturated rings.